The molecule has 0 unspecified atom stereocenters. The highest BCUT2D eigenvalue weighted by molar-refractivity contribution is 8.01. The molecule has 0 aliphatic rings. The van der Waals surface area contributed by atoms with Gasteiger partial charge in [0.25, 0.3) is 5.91 Å². The van der Waals surface area contributed by atoms with Gasteiger partial charge >= 0.3 is 0 Å². The van der Waals surface area contributed by atoms with Crippen molar-refractivity contribution >= 4 is 34.1 Å². The number of aromatic hydroxyl groups is 1. The fourth-order valence-electron chi connectivity index (χ4n) is 2.20. The summed E-state index contributed by atoms with van der Waals surface area (Å²) in [4.78, 5) is 12.4. The van der Waals surface area contributed by atoms with E-state index in [4.69, 9.17) is 0 Å². The number of amides is 1. The summed E-state index contributed by atoms with van der Waals surface area (Å²) in [5, 5.41) is 27.9. The number of aromatic nitrogens is 4. The molecule has 0 fully saturated rings. The highest BCUT2D eigenvalue weighted by atomic mass is 32.2. The highest BCUT2D eigenvalue weighted by Gasteiger charge is 2.15. The molecule has 3 aromatic rings. The van der Waals surface area contributed by atoms with Gasteiger partial charge in [-0.2, -0.15) is 5.10 Å². The molecule has 134 valence electrons. The Kier molecular flexibility index (Phi) is 5.69. The summed E-state index contributed by atoms with van der Waals surface area (Å²) >= 11 is 2.79. The minimum absolute atomic E-state index is 0.119. The van der Waals surface area contributed by atoms with Gasteiger partial charge in [0, 0.05) is 11.3 Å². The van der Waals surface area contributed by atoms with Crippen LogP contribution < -0.4 is 5.32 Å². The summed E-state index contributed by atoms with van der Waals surface area (Å²) in [5.41, 5.74) is 2.43. The van der Waals surface area contributed by atoms with Crippen LogP contribution in [0.1, 0.15) is 23.0 Å². The maximum atomic E-state index is 12.4. The van der Waals surface area contributed by atoms with Gasteiger partial charge in [-0.15, -0.1) is 16.8 Å². The van der Waals surface area contributed by atoms with Crippen LogP contribution in [0.2, 0.25) is 0 Å². The fraction of sp³-hybridized carbons (Fsp3) is 0.176. The Morgan fingerprint density at radius 2 is 2.27 bits per heavy atom. The second-order valence-electron chi connectivity index (χ2n) is 5.30. The van der Waals surface area contributed by atoms with Crippen LogP contribution in [-0.4, -0.2) is 37.2 Å². The molecule has 2 aromatic heterocycles. The van der Waals surface area contributed by atoms with Crippen molar-refractivity contribution in [1.82, 2.24) is 20.4 Å². The predicted molar refractivity (Wildman–Crippen MR) is 104 cm³/mol. The summed E-state index contributed by atoms with van der Waals surface area (Å²) in [7, 11) is 0. The second kappa shape index (κ2) is 8.15. The van der Waals surface area contributed by atoms with Crippen molar-refractivity contribution < 1.29 is 9.90 Å². The number of phenolic OH excluding ortho intramolecular Hbond substituents is 1. The quantitative estimate of drug-likeness (QED) is 0.324. The van der Waals surface area contributed by atoms with Gasteiger partial charge in [0.2, 0.25) is 5.13 Å². The summed E-state index contributed by atoms with van der Waals surface area (Å²) in [6, 6.07) is 6.95. The summed E-state index contributed by atoms with van der Waals surface area (Å²) in [5.74, 6) is 0.479. The van der Waals surface area contributed by atoms with Crippen LogP contribution in [0.4, 0.5) is 5.13 Å². The Balaban J connectivity index is 1.74. The van der Waals surface area contributed by atoms with E-state index in [1.807, 2.05) is 19.1 Å². The molecule has 0 radical (unpaired) electrons. The lowest BCUT2D eigenvalue weighted by Gasteiger charge is -2.03. The molecule has 2 heterocycles. The van der Waals surface area contributed by atoms with E-state index in [0.717, 1.165) is 22.1 Å². The topological polar surface area (TPSA) is 104 Å². The number of carbonyl (C=O) groups is 1. The average molecular weight is 387 g/mol. The van der Waals surface area contributed by atoms with Crippen LogP contribution in [-0.2, 0) is 6.42 Å². The van der Waals surface area contributed by atoms with Crippen LogP contribution in [0.15, 0.2) is 41.3 Å². The molecule has 9 heteroatoms. The summed E-state index contributed by atoms with van der Waals surface area (Å²) in [6.07, 6.45) is 2.62. The summed E-state index contributed by atoms with van der Waals surface area (Å²) in [6.45, 7) is 5.68. The minimum atomic E-state index is -0.369. The SMILES string of the molecule is C=CCSc1nnc(NC(=O)c2cc(-c3cc(CC)ccc3O)n[nH]2)s1. The number of aryl methyl sites for hydroxylation is 1. The van der Waals surface area contributed by atoms with E-state index >= 15 is 0 Å². The van der Waals surface area contributed by atoms with Crippen molar-refractivity contribution in [2.75, 3.05) is 11.1 Å². The number of anilines is 1. The standard InChI is InChI=1S/C17H17N5O2S2/c1-3-7-25-17-22-21-16(26-17)18-15(24)13-9-12(19-20-13)11-8-10(4-2)5-6-14(11)23/h3,5-6,8-9,23H,1,4,7H2,2H3,(H,19,20)(H,18,21,24). The Morgan fingerprint density at radius 3 is 3.04 bits per heavy atom. The number of nitrogens with one attached hydrogen (secondary N) is 2. The Hall–Kier alpha value is -2.65. The number of H-pyrrole nitrogens is 1. The van der Waals surface area contributed by atoms with Crippen molar-refractivity contribution in [3.05, 3.63) is 48.2 Å². The molecule has 0 bridgehead atoms. The van der Waals surface area contributed by atoms with Crippen molar-refractivity contribution in [3.63, 3.8) is 0 Å². The second-order valence-corrected chi connectivity index (χ2v) is 7.54. The third kappa shape index (κ3) is 4.12. The van der Waals surface area contributed by atoms with Crippen molar-refractivity contribution in [1.29, 1.82) is 0 Å². The maximum Gasteiger partial charge on any atom is 0.275 e. The number of carbonyl (C=O) groups excluding carboxylic acids is 1. The zero-order valence-corrected chi connectivity index (χ0v) is 15.7. The maximum absolute atomic E-state index is 12.4. The van der Waals surface area contributed by atoms with Gasteiger partial charge in [-0.3, -0.25) is 15.2 Å². The van der Waals surface area contributed by atoms with Crippen LogP contribution in [0.5, 0.6) is 5.75 Å². The van der Waals surface area contributed by atoms with E-state index in [9.17, 15) is 9.90 Å². The fourth-order valence-corrected chi connectivity index (χ4v) is 3.71. The number of hydrogen-bond donors (Lipinski definition) is 3. The van der Waals surface area contributed by atoms with Gasteiger partial charge in [-0.25, -0.2) is 0 Å². The molecule has 3 N–H and O–H groups in total. The normalized spacial score (nSPS) is 10.7. The van der Waals surface area contributed by atoms with E-state index in [0.29, 0.717) is 16.4 Å². The van der Waals surface area contributed by atoms with Gasteiger partial charge in [-0.05, 0) is 30.2 Å². The van der Waals surface area contributed by atoms with Gasteiger partial charge in [0.05, 0.1) is 5.69 Å². The average Bonchev–Trinajstić information content (AvgIpc) is 3.30. The number of thioether (sulfide) groups is 1. The smallest absolute Gasteiger partial charge is 0.275 e. The highest BCUT2D eigenvalue weighted by Crippen LogP contribution is 2.30. The molecule has 1 aromatic carbocycles. The van der Waals surface area contributed by atoms with Crippen molar-refractivity contribution in [3.8, 4) is 17.0 Å². The van der Waals surface area contributed by atoms with E-state index < -0.39 is 0 Å². The lowest BCUT2D eigenvalue weighted by Crippen LogP contribution is -2.12. The Bertz CT molecular complexity index is 935. The molecule has 26 heavy (non-hydrogen) atoms. The molecule has 1 amide bonds. The molecule has 0 aliphatic heterocycles. The van der Waals surface area contributed by atoms with E-state index in [-0.39, 0.29) is 17.4 Å². The molecule has 0 atom stereocenters. The van der Waals surface area contributed by atoms with Gasteiger partial charge in [-0.1, -0.05) is 42.2 Å². The molecular weight excluding hydrogens is 370 g/mol. The Morgan fingerprint density at radius 1 is 1.42 bits per heavy atom. The third-order valence-corrected chi connectivity index (χ3v) is 5.49. The number of rotatable bonds is 7. The zero-order valence-electron chi connectivity index (χ0n) is 14.0. The molecular formula is C17H17N5O2S2. The van der Waals surface area contributed by atoms with Crippen molar-refractivity contribution in [2.24, 2.45) is 0 Å². The van der Waals surface area contributed by atoms with Crippen LogP contribution >= 0.6 is 23.1 Å². The van der Waals surface area contributed by atoms with E-state index in [1.165, 1.54) is 23.1 Å². The lowest BCUT2D eigenvalue weighted by atomic mass is 10.1. The zero-order chi connectivity index (χ0) is 18.5. The summed E-state index contributed by atoms with van der Waals surface area (Å²) < 4.78 is 0.756. The third-order valence-electron chi connectivity index (χ3n) is 3.52. The first-order chi connectivity index (χ1) is 12.6. The first kappa shape index (κ1) is 18.2. The van der Waals surface area contributed by atoms with Crippen LogP contribution in [0, 0.1) is 0 Å². The number of aromatic amines is 1. The number of nitrogens with zero attached hydrogens (tertiary/aromatic N) is 3. The molecule has 0 aliphatic carbocycles. The molecule has 7 nitrogen and oxygen atoms in total. The van der Waals surface area contributed by atoms with E-state index in [1.54, 1.807) is 18.2 Å². The number of benzene rings is 1. The van der Waals surface area contributed by atoms with Gasteiger partial charge < -0.3 is 5.11 Å². The van der Waals surface area contributed by atoms with E-state index in [2.05, 4.69) is 32.3 Å². The number of phenols is 1. The lowest BCUT2D eigenvalue weighted by molar-refractivity contribution is 0.102. The van der Waals surface area contributed by atoms with Crippen LogP contribution in [0.3, 0.4) is 0 Å². The predicted octanol–water partition coefficient (Wildman–Crippen LogP) is 3.73. The molecule has 0 saturated carbocycles. The largest absolute Gasteiger partial charge is 0.507 e. The molecule has 0 spiro atoms. The first-order valence-corrected chi connectivity index (χ1v) is 9.67. The van der Waals surface area contributed by atoms with Gasteiger partial charge in [0.1, 0.15) is 11.4 Å². The van der Waals surface area contributed by atoms with Crippen molar-refractivity contribution in [2.45, 2.75) is 17.7 Å². The molecule has 0 saturated heterocycles. The number of hydrogen-bond acceptors (Lipinski definition) is 7. The molecule has 3 rings (SSSR count). The van der Waals surface area contributed by atoms with Gasteiger partial charge in [0.15, 0.2) is 4.34 Å². The minimum Gasteiger partial charge on any atom is -0.507 e. The first-order valence-electron chi connectivity index (χ1n) is 7.87. The monoisotopic (exact) mass is 387 g/mol. The van der Waals surface area contributed by atoms with Crippen LogP contribution in [0.25, 0.3) is 11.3 Å². The Labute approximate surface area is 158 Å².